The lowest BCUT2D eigenvalue weighted by Gasteiger charge is -2.19. The highest BCUT2D eigenvalue weighted by atomic mass is 16.7. The van der Waals surface area contributed by atoms with Crippen LogP contribution in [0.1, 0.15) is 34.6 Å². The molecule has 1 rings (SSSR count). The van der Waals surface area contributed by atoms with Gasteiger partial charge in [0.1, 0.15) is 18.0 Å². The molecule has 0 aliphatic heterocycles. The molecule has 1 aliphatic rings. The Morgan fingerprint density at radius 3 is 2.20 bits per heavy atom. The van der Waals surface area contributed by atoms with Gasteiger partial charge in [0.2, 0.25) is 0 Å². The van der Waals surface area contributed by atoms with Crippen molar-refractivity contribution in [1.29, 1.82) is 0 Å². The largest absolute Gasteiger partial charge is 0.509 e. The third-order valence-corrected chi connectivity index (χ3v) is 2.57. The highest BCUT2D eigenvalue weighted by molar-refractivity contribution is 5.66. The molecule has 0 aromatic heterocycles. The SMILES string of the molecule is CC(C)(C)OC(=O)OC1C(C=O)C1(C)C. The van der Waals surface area contributed by atoms with Crippen molar-refractivity contribution < 1.29 is 19.1 Å². The van der Waals surface area contributed by atoms with Crippen LogP contribution in [0.5, 0.6) is 0 Å². The van der Waals surface area contributed by atoms with Crippen molar-refractivity contribution in [3.8, 4) is 0 Å². The van der Waals surface area contributed by atoms with Crippen molar-refractivity contribution >= 4 is 12.4 Å². The van der Waals surface area contributed by atoms with E-state index in [0.29, 0.717) is 0 Å². The first-order valence-electron chi connectivity index (χ1n) is 5.03. The second kappa shape index (κ2) is 3.51. The summed E-state index contributed by atoms with van der Waals surface area (Å²) in [5.74, 6) is -0.204. The summed E-state index contributed by atoms with van der Waals surface area (Å²) in [6.45, 7) is 9.08. The van der Waals surface area contributed by atoms with Crippen LogP contribution >= 0.6 is 0 Å². The first-order chi connectivity index (χ1) is 6.68. The Morgan fingerprint density at radius 1 is 1.33 bits per heavy atom. The smallest absolute Gasteiger partial charge is 0.430 e. The van der Waals surface area contributed by atoms with E-state index in [-0.39, 0.29) is 17.4 Å². The highest BCUT2D eigenvalue weighted by Gasteiger charge is 2.61. The maximum atomic E-state index is 11.3. The molecular formula is C11H18O4. The van der Waals surface area contributed by atoms with Crippen LogP contribution in [0.4, 0.5) is 4.79 Å². The van der Waals surface area contributed by atoms with E-state index in [1.54, 1.807) is 20.8 Å². The van der Waals surface area contributed by atoms with Crippen molar-refractivity contribution in [2.75, 3.05) is 0 Å². The Bertz CT molecular complexity index is 275. The second-order valence-corrected chi connectivity index (χ2v) is 5.49. The maximum Gasteiger partial charge on any atom is 0.509 e. The first kappa shape index (κ1) is 12.0. The number of ether oxygens (including phenoxy) is 2. The van der Waals surface area contributed by atoms with Crippen molar-refractivity contribution in [3.05, 3.63) is 0 Å². The van der Waals surface area contributed by atoms with E-state index in [1.807, 2.05) is 13.8 Å². The van der Waals surface area contributed by atoms with E-state index in [1.165, 1.54) is 0 Å². The summed E-state index contributed by atoms with van der Waals surface area (Å²) in [5.41, 5.74) is -0.814. The van der Waals surface area contributed by atoms with Crippen LogP contribution in [0, 0.1) is 11.3 Å². The molecule has 0 spiro atoms. The van der Waals surface area contributed by atoms with Gasteiger partial charge in [-0.1, -0.05) is 13.8 Å². The Morgan fingerprint density at radius 2 is 1.87 bits per heavy atom. The van der Waals surface area contributed by atoms with Crippen molar-refractivity contribution in [1.82, 2.24) is 0 Å². The quantitative estimate of drug-likeness (QED) is 0.522. The molecule has 0 aromatic rings. The number of aldehydes is 1. The summed E-state index contributed by atoms with van der Waals surface area (Å²) < 4.78 is 10.1. The molecule has 1 fully saturated rings. The fourth-order valence-electron chi connectivity index (χ4n) is 1.48. The highest BCUT2D eigenvalue weighted by Crippen LogP contribution is 2.52. The van der Waals surface area contributed by atoms with E-state index in [9.17, 15) is 9.59 Å². The van der Waals surface area contributed by atoms with Crippen molar-refractivity contribution in [2.45, 2.75) is 46.3 Å². The molecule has 0 heterocycles. The fourth-order valence-corrected chi connectivity index (χ4v) is 1.48. The second-order valence-electron chi connectivity index (χ2n) is 5.49. The van der Waals surface area contributed by atoms with Crippen LogP contribution in [-0.2, 0) is 14.3 Å². The summed E-state index contributed by atoms with van der Waals surface area (Å²) in [6, 6.07) is 0. The minimum atomic E-state index is -0.704. The Labute approximate surface area is 89.9 Å². The van der Waals surface area contributed by atoms with Gasteiger partial charge in [-0.15, -0.1) is 0 Å². The average Bonchev–Trinajstić information content (AvgIpc) is 2.48. The van der Waals surface area contributed by atoms with E-state index >= 15 is 0 Å². The van der Waals surface area contributed by atoms with Crippen LogP contribution in [0.25, 0.3) is 0 Å². The predicted octanol–water partition coefficient (Wildman–Crippen LogP) is 2.16. The topological polar surface area (TPSA) is 52.6 Å². The molecule has 0 aromatic carbocycles. The van der Waals surface area contributed by atoms with Crippen LogP contribution in [0.2, 0.25) is 0 Å². The lowest BCUT2D eigenvalue weighted by atomic mass is 10.1. The third kappa shape index (κ3) is 2.70. The van der Waals surface area contributed by atoms with E-state index in [4.69, 9.17) is 9.47 Å². The number of rotatable bonds is 2. The Balaban J connectivity index is 2.45. The third-order valence-electron chi connectivity index (χ3n) is 2.57. The van der Waals surface area contributed by atoms with Gasteiger partial charge in [0, 0.05) is 5.41 Å². The zero-order valence-electron chi connectivity index (χ0n) is 9.87. The molecule has 15 heavy (non-hydrogen) atoms. The van der Waals surface area contributed by atoms with Crippen LogP contribution in [0.3, 0.4) is 0 Å². The summed E-state index contributed by atoms with van der Waals surface area (Å²) in [7, 11) is 0. The monoisotopic (exact) mass is 214 g/mol. The van der Waals surface area contributed by atoms with Crippen molar-refractivity contribution in [2.24, 2.45) is 11.3 Å². The minimum Gasteiger partial charge on any atom is -0.430 e. The average molecular weight is 214 g/mol. The molecule has 4 heteroatoms. The fraction of sp³-hybridized carbons (Fsp3) is 0.818. The van der Waals surface area contributed by atoms with E-state index < -0.39 is 11.8 Å². The van der Waals surface area contributed by atoms with Crippen molar-refractivity contribution in [3.63, 3.8) is 0 Å². The maximum absolute atomic E-state index is 11.3. The molecule has 0 amide bonds. The van der Waals surface area contributed by atoms with Gasteiger partial charge in [-0.3, -0.25) is 0 Å². The standard InChI is InChI=1S/C11H18O4/c1-10(2,3)15-9(13)14-8-7(6-12)11(8,4)5/h6-8H,1-5H3. The lowest BCUT2D eigenvalue weighted by molar-refractivity contribution is -0.109. The number of carbonyl (C=O) groups excluding carboxylic acids is 2. The molecule has 1 saturated carbocycles. The van der Waals surface area contributed by atoms with E-state index in [2.05, 4.69) is 0 Å². The van der Waals surface area contributed by atoms with Gasteiger partial charge >= 0.3 is 6.16 Å². The van der Waals surface area contributed by atoms with Crippen LogP contribution in [-0.4, -0.2) is 24.1 Å². The minimum absolute atomic E-state index is 0.204. The molecule has 0 radical (unpaired) electrons. The van der Waals surface area contributed by atoms with E-state index in [0.717, 1.165) is 6.29 Å². The summed E-state index contributed by atoms with van der Waals surface area (Å²) in [5, 5.41) is 0. The normalized spacial score (nSPS) is 28.1. The number of carbonyl (C=O) groups is 2. The molecule has 4 nitrogen and oxygen atoms in total. The molecule has 0 N–H and O–H groups in total. The Hall–Kier alpha value is -1.06. The van der Waals surface area contributed by atoms with Gasteiger partial charge in [-0.2, -0.15) is 0 Å². The van der Waals surface area contributed by atoms with Gasteiger partial charge in [-0.05, 0) is 20.8 Å². The summed E-state index contributed by atoms with van der Waals surface area (Å²) >= 11 is 0. The van der Waals surface area contributed by atoms with Gasteiger partial charge in [-0.25, -0.2) is 4.79 Å². The molecular weight excluding hydrogens is 196 g/mol. The summed E-state index contributed by atoms with van der Waals surface area (Å²) in [4.78, 5) is 21.9. The van der Waals surface area contributed by atoms with Gasteiger partial charge < -0.3 is 14.3 Å². The zero-order valence-corrected chi connectivity index (χ0v) is 9.87. The molecule has 2 unspecified atom stereocenters. The number of hydrogen-bond acceptors (Lipinski definition) is 4. The molecule has 0 saturated heterocycles. The Kier molecular flexibility index (Phi) is 2.81. The van der Waals surface area contributed by atoms with Gasteiger partial charge in [0.15, 0.2) is 0 Å². The first-order valence-corrected chi connectivity index (χ1v) is 5.03. The van der Waals surface area contributed by atoms with Gasteiger partial charge in [0.25, 0.3) is 0 Å². The zero-order chi connectivity index (χ0) is 11.9. The summed E-state index contributed by atoms with van der Waals surface area (Å²) in [6.07, 6.45) is -0.218. The number of hydrogen-bond donors (Lipinski definition) is 0. The lowest BCUT2D eigenvalue weighted by Crippen LogP contribution is -2.25. The molecule has 2 atom stereocenters. The molecule has 0 bridgehead atoms. The van der Waals surface area contributed by atoms with Crippen LogP contribution in [0.15, 0.2) is 0 Å². The van der Waals surface area contributed by atoms with Gasteiger partial charge in [0.05, 0.1) is 5.92 Å². The predicted molar refractivity (Wildman–Crippen MR) is 54.4 cm³/mol. The molecule has 1 aliphatic carbocycles. The van der Waals surface area contributed by atoms with Crippen LogP contribution < -0.4 is 0 Å². The molecule has 86 valence electrons.